The summed E-state index contributed by atoms with van der Waals surface area (Å²) in [5.41, 5.74) is 7.37. The van der Waals surface area contributed by atoms with Crippen LogP contribution in [0.15, 0.2) is 30.3 Å². The summed E-state index contributed by atoms with van der Waals surface area (Å²) in [6.45, 7) is 9.78. The Hall–Kier alpha value is -1.92. The average molecular weight is 399 g/mol. The first-order valence-corrected chi connectivity index (χ1v) is 10.1. The molecule has 0 heterocycles. The minimum atomic E-state index is -0.484. The molecular weight excluding hydrogens is 356 g/mol. The maximum absolute atomic E-state index is 11.8. The quantitative estimate of drug-likeness (QED) is 0.621. The summed E-state index contributed by atoms with van der Waals surface area (Å²) in [6.07, 6.45) is 2.49. The van der Waals surface area contributed by atoms with Gasteiger partial charge in [0.2, 0.25) is 5.91 Å². The Bertz CT molecular complexity index is 515. The Labute approximate surface area is 172 Å². The van der Waals surface area contributed by atoms with Gasteiger partial charge in [0.25, 0.3) is 0 Å². The van der Waals surface area contributed by atoms with Gasteiger partial charge in [-0.2, -0.15) is 0 Å². The number of rotatable bonds is 9. The van der Waals surface area contributed by atoms with Crippen molar-refractivity contribution in [3.8, 4) is 0 Å². The van der Waals surface area contributed by atoms with Gasteiger partial charge in [-0.3, -0.25) is 9.59 Å². The third kappa shape index (κ3) is 12.5. The van der Waals surface area contributed by atoms with Gasteiger partial charge in [-0.05, 0) is 18.4 Å². The Morgan fingerprint density at radius 3 is 2.11 bits per heavy atom. The first-order chi connectivity index (χ1) is 13.4. The number of benzene rings is 1. The molecule has 6 heteroatoms. The second kappa shape index (κ2) is 18.4. The number of esters is 1. The summed E-state index contributed by atoms with van der Waals surface area (Å²) in [4.78, 5) is 22.7. The van der Waals surface area contributed by atoms with Gasteiger partial charge in [0.05, 0.1) is 19.1 Å². The fourth-order valence-corrected chi connectivity index (χ4v) is 2.50. The molecule has 0 aromatic heterocycles. The summed E-state index contributed by atoms with van der Waals surface area (Å²) in [7, 11) is 2.80. The molecule has 0 spiro atoms. The SMILES string of the molecule is CC.CCC[C@H](N)[C@H](OC)[C@@H](C)C(=O)NCC(=O)OC.CCc1ccccc1.[HH]. The molecule has 0 radical (unpaired) electrons. The van der Waals surface area contributed by atoms with Crippen LogP contribution in [-0.4, -0.2) is 44.8 Å². The molecule has 0 saturated heterocycles. The number of carbonyl (C=O) groups is 2. The lowest BCUT2D eigenvalue weighted by atomic mass is 9.94. The predicted octanol–water partition coefficient (Wildman–Crippen LogP) is 3.58. The number of methoxy groups -OCH3 is 2. The Morgan fingerprint density at radius 1 is 1.14 bits per heavy atom. The lowest BCUT2D eigenvalue weighted by molar-refractivity contribution is -0.142. The van der Waals surface area contributed by atoms with Crippen LogP contribution in [0.4, 0.5) is 0 Å². The van der Waals surface area contributed by atoms with Crippen molar-refractivity contribution in [1.29, 1.82) is 0 Å². The molecule has 0 aliphatic heterocycles. The molecular formula is C22H42N2O4. The van der Waals surface area contributed by atoms with Gasteiger partial charge in [-0.15, -0.1) is 0 Å². The van der Waals surface area contributed by atoms with E-state index in [-0.39, 0.29) is 26.0 Å². The van der Waals surface area contributed by atoms with Crippen LogP contribution in [0.5, 0.6) is 0 Å². The molecule has 0 fully saturated rings. The van der Waals surface area contributed by atoms with Crippen LogP contribution in [0.2, 0.25) is 0 Å². The van der Waals surface area contributed by atoms with Crippen molar-refractivity contribution in [3.05, 3.63) is 35.9 Å². The van der Waals surface area contributed by atoms with Crippen LogP contribution >= 0.6 is 0 Å². The van der Waals surface area contributed by atoms with E-state index in [0.717, 1.165) is 19.3 Å². The fourth-order valence-electron chi connectivity index (χ4n) is 2.50. The maximum Gasteiger partial charge on any atom is 0.325 e. The van der Waals surface area contributed by atoms with Crippen LogP contribution in [0.3, 0.4) is 0 Å². The first kappa shape index (κ1) is 28.3. The lowest BCUT2D eigenvalue weighted by Gasteiger charge is -2.27. The Kier molecular flexibility index (Phi) is 18.6. The van der Waals surface area contributed by atoms with Crippen molar-refractivity contribution in [2.75, 3.05) is 20.8 Å². The number of aryl methyl sites for hydroxylation is 1. The molecule has 1 aromatic rings. The van der Waals surface area contributed by atoms with E-state index in [1.165, 1.54) is 19.8 Å². The number of nitrogens with two attached hydrogens (primary N) is 1. The third-order valence-electron chi connectivity index (χ3n) is 4.11. The van der Waals surface area contributed by atoms with E-state index in [2.05, 4.69) is 41.2 Å². The molecule has 0 saturated carbocycles. The highest BCUT2D eigenvalue weighted by molar-refractivity contribution is 5.83. The summed E-state index contributed by atoms with van der Waals surface area (Å²) in [5, 5.41) is 2.50. The highest BCUT2D eigenvalue weighted by Gasteiger charge is 2.28. The van der Waals surface area contributed by atoms with Gasteiger partial charge in [-0.1, -0.05) is 71.4 Å². The second-order valence-corrected chi connectivity index (χ2v) is 6.07. The molecule has 164 valence electrons. The molecule has 0 unspecified atom stereocenters. The van der Waals surface area contributed by atoms with Gasteiger partial charge in [-0.25, -0.2) is 0 Å². The number of ether oxygens (including phenoxy) is 2. The zero-order valence-electron chi connectivity index (χ0n) is 18.7. The molecule has 28 heavy (non-hydrogen) atoms. The molecule has 3 atom stereocenters. The summed E-state index contributed by atoms with van der Waals surface area (Å²) < 4.78 is 9.72. The highest BCUT2D eigenvalue weighted by Crippen LogP contribution is 2.13. The average Bonchev–Trinajstić information content (AvgIpc) is 2.74. The van der Waals surface area contributed by atoms with Crippen LogP contribution in [0, 0.1) is 5.92 Å². The minimum Gasteiger partial charge on any atom is -0.468 e. The monoisotopic (exact) mass is 398 g/mol. The van der Waals surface area contributed by atoms with Crippen molar-refractivity contribution in [2.24, 2.45) is 11.7 Å². The van der Waals surface area contributed by atoms with Crippen molar-refractivity contribution < 1.29 is 20.5 Å². The standard InChI is InChI=1S/C12H24N2O4.C8H10.C2H6.H2/c1-5-6-9(13)11(18-4)8(2)12(16)14-7-10(15)17-3;1-2-8-6-4-3-5-7-8;1-2;/h8-9,11H,5-7,13H2,1-4H3,(H,14,16);3-7H,2H2,1H3;1-2H3;1H/t8-,9+,11-;;;/m1.../s1. The topological polar surface area (TPSA) is 90.6 Å². The van der Waals surface area contributed by atoms with E-state index in [1.54, 1.807) is 6.92 Å². The van der Waals surface area contributed by atoms with E-state index < -0.39 is 11.9 Å². The Balaban J connectivity index is -0.000000510. The summed E-state index contributed by atoms with van der Waals surface area (Å²) in [6, 6.07) is 10.3. The van der Waals surface area contributed by atoms with Crippen molar-refractivity contribution in [2.45, 2.75) is 66.0 Å². The van der Waals surface area contributed by atoms with E-state index in [9.17, 15) is 9.59 Å². The van der Waals surface area contributed by atoms with Gasteiger partial charge in [0.1, 0.15) is 6.54 Å². The van der Waals surface area contributed by atoms with E-state index in [1.807, 2.05) is 26.8 Å². The molecule has 1 aromatic carbocycles. The summed E-state index contributed by atoms with van der Waals surface area (Å²) in [5.74, 6) is -1.16. The molecule has 1 amide bonds. The largest absolute Gasteiger partial charge is 0.468 e. The molecule has 3 N–H and O–H groups in total. The molecule has 0 aliphatic rings. The molecule has 0 aliphatic carbocycles. The van der Waals surface area contributed by atoms with E-state index >= 15 is 0 Å². The maximum atomic E-state index is 11.8. The number of hydrogen-bond donors (Lipinski definition) is 2. The fraction of sp³-hybridized carbons (Fsp3) is 0.636. The Morgan fingerprint density at radius 2 is 1.71 bits per heavy atom. The van der Waals surface area contributed by atoms with Crippen LogP contribution in [0.1, 0.15) is 54.5 Å². The van der Waals surface area contributed by atoms with Crippen molar-refractivity contribution in [3.63, 3.8) is 0 Å². The molecule has 0 bridgehead atoms. The minimum absolute atomic E-state index is 0. The van der Waals surface area contributed by atoms with Gasteiger partial charge in [0, 0.05) is 14.6 Å². The molecule has 6 nitrogen and oxygen atoms in total. The van der Waals surface area contributed by atoms with Gasteiger partial charge in [0.15, 0.2) is 0 Å². The smallest absolute Gasteiger partial charge is 0.325 e. The number of nitrogens with one attached hydrogen (secondary N) is 1. The first-order valence-electron chi connectivity index (χ1n) is 10.1. The molecule has 1 rings (SSSR count). The van der Waals surface area contributed by atoms with Crippen molar-refractivity contribution >= 4 is 11.9 Å². The van der Waals surface area contributed by atoms with Crippen molar-refractivity contribution in [1.82, 2.24) is 5.32 Å². The second-order valence-electron chi connectivity index (χ2n) is 6.07. The van der Waals surface area contributed by atoms with Crippen LogP contribution in [-0.2, 0) is 25.5 Å². The predicted molar refractivity (Wildman–Crippen MR) is 117 cm³/mol. The number of hydrogen-bond acceptors (Lipinski definition) is 5. The van der Waals surface area contributed by atoms with Gasteiger partial charge < -0.3 is 20.5 Å². The summed E-state index contributed by atoms with van der Waals surface area (Å²) >= 11 is 0. The normalized spacial score (nSPS) is 12.9. The van der Waals surface area contributed by atoms with E-state index in [0.29, 0.717) is 0 Å². The number of carbonyl (C=O) groups excluding carboxylic acids is 2. The number of amides is 1. The third-order valence-corrected chi connectivity index (χ3v) is 4.11. The zero-order valence-corrected chi connectivity index (χ0v) is 18.7. The van der Waals surface area contributed by atoms with Gasteiger partial charge >= 0.3 is 5.97 Å². The van der Waals surface area contributed by atoms with E-state index in [4.69, 9.17) is 10.5 Å². The zero-order chi connectivity index (χ0) is 21.9. The van der Waals surface area contributed by atoms with Crippen LogP contribution < -0.4 is 11.1 Å². The highest BCUT2D eigenvalue weighted by atomic mass is 16.5. The van der Waals surface area contributed by atoms with Crippen LogP contribution in [0.25, 0.3) is 0 Å². The lowest BCUT2D eigenvalue weighted by Crippen LogP contribution is -2.47.